The summed E-state index contributed by atoms with van der Waals surface area (Å²) in [5, 5.41) is 9.41. The summed E-state index contributed by atoms with van der Waals surface area (Å²) in [6.45, 7) is 6.23. The summed E-state index contributed by atoms with van der Waals surface area (Å²) in [7, 11) is 0. The van der Waals surface area contributed by atoms with E-state index in [9.17, 15) is 5.11 Å². The number of aliphatic hydroxyl groups is 1. The number of rotatable bonds is 6. The maximum absolute atomic E-state index is 9.41. The third-order valence-corrected chi connectivity index (χ3v) is 2.19. The van der Waals surface area contributed by atoms with Crippen LogP contribution in [0.2, 0.25) is 0 Å². The molecule has 0 aliphatic heterocycles. The van der Waals surface area contributed by atoms with Crippen molar-refractivity contribution in [3.63, 3.8) is 0 Å². The lowest BCUT2D eigenvalue weighted by Crippen LogP contribution is -2.05. The highest BCUT2D eigenvalue weighted by Gasteiger charge is 2.00. The average Bonchev–Trinajstić information content (AvgIpc) is 2.10. The molecule has 0 aromatic rings. The van der Waals surface area contributed by atoms with E-state index < -0.39 is 0 Å². The van der Waals surface area contributed by atoms with Crippen LogP contribution in [-0.4, -0.2) is 11.2 Å². The lowest BCUT2D eigenvalue weighted by molar-refractivity contribution is 0.206. The second-order valence-corrected chi connectivity index (χ2v) is 3.37. The molecule has 0 bridgehead atoms. The van der Waals surface area contributed by atoms with Gasteiger partial charge in [-0.05, 0) is 31.8 Å². The van der Waals surface area contributed by atoms with Crippen LogP contribution in [0.4, 0.5) is 0 Å². The molecule has 1 nitrogen and oxygen atoms in total. The van der Waals surface area contributed by atoms with Gasteiger partial charge in [0.25, 0.3) is 0 Å². The molecule has 0 aromatic heterocycles. The van der Waals surface area contributed by atoms with Gasteiger partial charge in [0.1, 0.15) is 0 Å². The lowest BCUT2D eigenvalue weighted by atomic mass is 10.1. The van der Waals surface area contributed by atoms with Crippen LogP contribution < -0.4 is 0 Å². The number of unbranched alkanes of at least 4 members (excludes halogenated alkanes) is 3. The van der Waals surface area contributed by atoms with Gasteiger partial charge < -0.3 is 5.11 Å². The van der Waals surface area contributed by atoms with Crippen molar-refractivity contribution in [3.05, 3.63) is 11.6 Å². The number of aliphatic hydroxyl groups excluding tert-OH is 1. The molecule has 12 heavy (non-hydrogen) atoms. The predicted octanol–water partition coefficient (Wildman–Crippen LogP) is 3.28. The van der Waals surface area contributed by atoms with Gasteiger partial charge >= 0.3 is 0 Å². The fourth-order valence-electron chi connectivity index (χ4n) is 1.18. The predicted molar refractivity (Wildman–Crippen MR) is 54.2 cm³/mol. The Balaban J connectivity index is 3.54. The van der Waals surface area contributed by atoms with E-state index in [2.05, 4.69) is 13.0 Å². The van der Waals surface area contributed by atoms with E-state index in [-0.39, 0.29) is 6.10 Å². The normalized spacial score (nSPS) is 14.8. The molecule has 0 saturated heterocycles. The minimum absolute atomic E-state index is 0.216. The molecule has 0 rings (SSSR count). The quantitative estimate of drug-likeness (QED) is 0.479. The third-order valence-electron chi connectivity index (χ3n) is 2.19. The molecule has 0 radical (unpaired) electrons. The Morgan fingerprint density at radius 2 is 2.00 bits per heavy atom. The van der Waals surface area contributed by atoms with Gasteiger partial charge in [0.05, 0.1) is 6.10 Å². The molecular formula is C11H22O. The van der Waals surface area contributed by atoms with Crippen molar-refractivity contribution in [3.8, 4) is 0 Å². The molecule has 0 saturated carbocycles. The SMILES string of the molecule is CCCCCC=C(C)C(O)CC. The Hall–Kier alpha value is -0.300. The monoisotopic (exact) mass is 170 g/mol. The van der Waals surface area contributed by atoms with Crippen molar-refractivity contribution in [1.82, 2.24) is 0 Å². The van der Waals surface area contributed by atoms with Gasteiger partial charge in [0, 0.05) is 0 Å². The molecule has 0 aromatic carbocycles. The first-order valence-electron chi connectivity index (χ1n) is 5.07. The molecular weight excluding hydrogens is 148 g/mol. The topological polar surface area (TPSA) is 20.2 Å². The van der Waals surface area contributed by atoms with E-state index in [0.717, 1.165) is 18.4 Å². The zero-order chi connectivity index (χ0) is 9.40. The van der Waals surface area contributed by atoms with Gasteiger partial charge in [0.2, 0.25) is 0 Å². The summed E-state index contributed by atoms with van der Waals surface area (Å²) in [5.74, 6) is 0. The zero-order valence-corrected chi connectivity index (χ0v) is 8.64. The smallest absolute Gasteiger partial charge is 0.0744 e. The van der Waals surface area contributed by atoms with Crippen LogP contribution in [0.1, 0.15) is 52.9 Å². The van der Waals surface area contributed by atoms with Crippen molar-refractivity contribution in [2.75, 3.05) is 0 Å². The van der Waals surface area contributed by atoms with Gasteiger partial charge in [-0.2, -0.15) is 0 Å². The molecule has 1 N–H and O–H groups in total. The van der Waals surface area contributed by atoms with E-state index in [1.54, 1.807) is 0 Å². The molecule has 72 valence electrons. The van der Waals surface area contributed by atoms with E-state index >= 15 is 0 Å². The fourth-order valence-corrected chi connectivity index (χ4v) is 1.18. The number of allylic oxidation sites excluding steroid dienone is 1. The first-order valence-corrected chi connectivity index (χ1v) is 5.07. The Labute approximate surface area is 76.5 Å². The van der Waals surface area contributed by atoms with Gasteiger partial charge in [-0.1, -0.05) is 32.8 Å². The maximum Gasteiger partial charge on any atom is 0.0744 e. The molecule has 0 heterocycles. The molecule has 0 fully saturated rings. The van der Waals surface area contributed by atoms with Crippen LogP contribution in [0, 0.1) is 0 Å². The second-order valence-electron chi connectivity index (χ2n) is 3.37. The van der Waals surface area contributed by atoms with Crippen LogP contribution >= 0.6 is 0 Å². The van der Waals surface area contributed by atoms with Crippen molar-refractivity contribution in [1.29, 1.82) is 0 Å². The first-order chi connectivity index (χ1) is 5.72. The van der Waals surface area contributed by atoms with Gasteiger partial charge in [0.15, 0.2) is 0 Å². The van der Waals surface area contributed by atoms with Gasteiger partial charge in [-0.3, -0.25) is 0 Å². The van der Waals surface area contributed by atoms with Crippen molar-refractivity contribution < 1.29 is 5.11 Å². The summed E-state index contributed by atoms with van der Waals surface area (Å²) >= 11 is 0. The van der Waals surface area contributed by atoms with E-state index in [1.165, 1.54) is 19.3 Å². The molecule has 0 amide bonds. The Bertz CT molecular complexity index is 127. The van der Waals surface area contributed by atoms with E-state index in [4.69, 9.17) is 0 Å². The molecule has 0 aliphatic carbocycles. The Kier molecular flexibility index (Phi) is 7.17. The van der Waals surface area contributed by atoms with Crippen LogP contribution in [0.25, 0.3) is 0 Å². The van der Waals surface area contributed by atoms with Crippen molar-refractivity contribution in [2.45, 2.75) is 59.0 Å². The maximum atomic E-state index is 9.41. The van der Waals surface area contributed by atoms with Crippen LogP contribution in [0.3, 0.4) is 0 Å². The van der Waals surface area contributed by atoms with E-state index in [1.807, 2.05) is 13.8 Å². The first kappa shape index (κ1) is 11.7. The van der Waals surface area contributed by atoms with E-state index in [0.29, 0.717) is 0 Å². The van der Waals surface area contributed by atoms with Crippen molar-refractivity contribution >= 4 is 0 Å². The minimum atomic E-state index is -0.216. The van der Waals surface area contributed by atoms with Crippen LogP contribution in [-0.2, 0) is 0 Å². The summed E-state index contributed by atoms with van der Waals surface area (Å²) in [6, 6.07) is 0. The molecule has 0 aliphatic rings. The highest BCUT2D eigenvalue weighted by molar-refractivity contribution is 5.03. The largest absolute Gasteiger partial charge is 0.389 e. The highest BCUT2D eigenvalue weighted by atomic mass is 16.3. The Morgan fingerprint density at radius 3 is 2.50 bits per heavy atom. The minimum Gasteiger partial charge on any atom is -0.389 e. The summed E-state index contributed by atoms with van der Waals surface area (Å²) in [5.41, 5.74) is 1.13. The molecule has 1 unspecified atom stereocenters. The Morgan fingerprint density at radius 1 is 1.33 bits per heavy atom. The molecule has 1 heteroatoms. The van der Waals surface area contributed by atoms with Gasteiger partial charge in [-0.15, -0.1) is 0 Å². The highest BCUT2D eigenvalue weighted by Crippen LogP contribution is 2.08. The molecule has 0 spiro atoms. The summed E-state index contributed by atoms with van der Waals surface area (Å²) in [4.78, 5) is 0. The third kappa shape index (κ3) is 5.36. The van der Waals surface area contributed by atoms with Gasteiger partial charge in [-0.25, -0.2) is 0 Å². The molecule has 1 atom stereocenters. The van der Waals surface area contributed by atoms with Crippen LogP contribution in [0.5, 0.6) is 0 Å². The standard InChI is InChI=1S/C11H22O/c1-4-6-7-8-9-10(3)11(12)5-2/h9,11-12H,4-8H2,1-3H3. The average molecular weight is 170 g/mol. The van der Waals surface area contributed by atoms with Crippen molar-refractivity contribution in [2.24, 2.45) is 0 Å². The number of hydrogen-bond acceptors (Lipinski definition) is 1. The summed E-state index contributed by atoms with van der Waals surface area (Å²) < 4.78 is 0. The van der Waals surface area contributed by atoms with Crippen LogP contribution in [0.15, 0.2) is 11.6 Å². The fraction of sp³-hybridized carbons (Fsp3) is 0.818. The summed E-state index contributed by atoms with van der Waals surface area (Å²) in [6.07, 6.45) is 7.72. The lowest BCUT2D eigenvalue weighted by Gasteiger charge is -2.07. The zero-order valence-electron chi connectivity index (χ0n) is 8.64. The second kappa shape index (κ2) is 7.35. The number of hydrogen-bond donors (Lipinski definition) is 1.